The maximum absolute atomic E-state index is 12.8. The Kier molecular flexibility index (Phi) is 5.29. The number of aliphatic hydroxyl groups excluding tert-OH is 1. The quantitative estimate of drug-likeness (QED) is 0.756. The van der Waals surface area contributed by atoms with Crippen molar-refractivity contribution in [1.29, 1.82) is 0 Å². The van der Waals surface area contributed by atoms with E-state index in [2.05, 4.69) is 10.3 Å². The van der Waals surface area contributed by atoms with Crippen molar-refractivity contribution in [2.45, 2.75) is 19.4 Å². The van der Waals surface area contributed by atoms with Crippen LogP contribution in [0.25, 0.3) is 6.08 Å². The fraction of sp³-hybridized carbons (Fsp3) is 0.333. The summed E-state index contributed by atoms with van der Waals surface area (Å²) in [5.74, 6) is -0.726. The van der Waals surface area contributed by atoms with Crippen molar-refractivity contribution in [3.63, 3.8) is 0 Å². The lowest BCUT2D eigenvalue weighted by Gasteiger charge is -2.09. The highest BCUT2D eigenvalue weighted by Gasteiger charge is 2.03. The molecule has 0 saturated heterocycles. The van der Waals surface area contributed by atoms with Crippen molar-refractivity contribution in [3.05, 3.63) is 35.9 Å². The Balaban J connectivity index is 2.51. The first-order valence-electron chi connectivity index (χ1n) is 5.32. The highest BCUT2D eigenvalue weighted by atomic mass is 19.1. The van der Waals surface area contributed by atoms with E-state index in [-0.39, 0.29) is 18.6 Å². The van der Waals surface area contributed by atoms with Crippen LogP contribution in [-0.4, -0.2) is 28.6 Å². The Bertz CT molecular complexity index is 407. The van der Waals surface area contributed by atoms with Gasteiger partial charge in [-0.3, -0.25) is 9.78 Å². The number of aliphatic hydroxyl groups is 1. The second kappa shape index (κ2) is 6.75. The lowest BCUT2D eigenvalue weighted by molar-refractivity contribution is -0.117. The molecule has 0 bridgehead atoms. The van der Waals surface area contributed by atoms with Crippen LogP contribution in [0.5, 0.6) is 0 Å². The summed E-state index contributed by atoms with van der Waals surface area (Å²) >= 11 is 0. The number of carbonyl (C=O) groups excluding carboxylic acids is 1. The molecule has 1 aromatic rings. The second-order valence-electron chi connectivity index (χ2n) is 3.69. The molecule has 0 saturated carbocycles. The van der Waals surface area contributed by atoms with Crippen molar-refractivity contribution >= 4 is 12.0 Å². The average molecular weight is 238 g/mol. The van der Waals surface area contributed by atoms with Gasteiger partial charge in [-0.2, -0.15) is 0 Å². The topological polar surface area (TPSA) is 62.2 Å². The van der Waals surface area contributed by atoms with E-state index in [1.165, 1.54) is 24.4 Å². The zero-order chi connectivity index (χ0) is 12.7. The Morgan fingerprint density at radius 3 is 3.06 bits per heavy atom. The number of rotatable bonds is 5. The van der Waals surface area contributed by atoms with E-state index in [9.17, 15) is 9.18 Å². The van der Waals surface area contributed by atoms with Crippen LogP contribution in [0, 0.1) is 5.82 Å². The van der Waals surface area contributed by atoms with E-state index in [4.69, 9.17) is 5.11 Å². The largest absolute Gasteiger partial charge is 0.396 e. The van der Waals surface area contributed by atoms with E-state index >= 15 is 0 Å². The number of carbonyl (C=O) groups is 1. The van der Waals surface area contributed by atoms with Crippen LogP contribution >= 0.6 is 0 Å². The summed E-state index contributed by atoms with van der Waals surface area (Å²) in [6.45, 7) is 1.82. The van der Waals surface area contributed by atoms with Crippen molar-refractivity contribution in [1.82, 2.24) is 10.3 Å². The number of hydrogen-bond donors (Lipinski definition) is 2. The van der Waals surface area contributed by atoms with E-state index in [0.717, 1.165) is 6.20 Å². The number of pyridine rings is 1. The molecular weight excluding hydrogens is 223 g/mol. The molecule has 1 aromatic heterocycles. The van der Waals surface area contributed by atoms with Crippen LogP contribution in [0.1, 0.15) is 18.9 Å². The third-order valence-corrected chi connectivity index (χ3v) is 2.10. The third-order valence-electron chi connectivity index (χ3n) is 2.10. The zero-order valence-electron chi connectivity index (χ0n) is 9.56. The SMILES string of the molecule is CC(CCO)NC(=O)/C=C/c1cncc(F)c1. The number of aromatic nitrogens is 1. The van der Waals surface area contributed by atoms with Gasteiger partial charge in [-0.25, -0.2) is 4.39 Å². The average Bonchev–Trinajstić information content (AvgIpc) is 2.27. The number of nitrogens with zero attached hydrogens (tertiary/aromatic N) is 1. The standard InChI is InChI=1S/C12H15FN2O2/c1-9(4-5-16)15-12(17)3-2-10-6-11(13)8-14-7-10/h2-3,6-9,16H,4-5H2,1H3,(H,15,17)/b3-2+. The first kappa shape index (κ1) is 13.3. The molecule has 5 heteroatoms. The lowest BCUT2D eigenvalue weighted by atomic mass is 10.2. The smallest absolute Gasteiger partial charge is 0.244 e. The molecule has 4 nitrogen and oxygen atoms in total. The van der Waals surface area contributed by atoms with E-state index in [1.807, 2.05) is 0 Å². The first-order valence-corrected chi connectivity index (χ1v) is 5.32. The molecule has 2 N–H and O–H groups in total. The van der Waals surface area contributed by atoms with E-state index < -0.39 is 5.82 Å². The summed E-state index contributed by atoms with van der Waals surface area (Å²) in [5, 5.41) is 11.3. The maximum atomic E-state index is 12.8. The van der Waals surface area contributed by atoms with Crippen molar-refractivity contribution < 1.29 is 14.3 Å². The molecule has 0 aliphatic carbocycles. The van der Waals surface area contributed by atoms with Gasteiger partial charge in [0.05, 0.1) is 6.20 Å². The monoisotopic (exact) mass is 238 g/mol. The van der Waals surface area contributed by atoms with Crippen molar-refractivity contribution in [3.8, 4) is 0 Å². The molecule has 0 spiro atoms. The minimum atomic E-state index is -0.443. The van der Waals surface area contributed by atoms with Gasteiger partial charge in [-0.1, -0.05) is 0 Å². The number of hydrogen-bond acceptors (Lipinski definition) is 3. The second-order valence-corrected chi connectivity index (χ2v) is 3.69. The van der Waals surface area contributed by atoms with Crippen LogP contribution in [0.15, 0.2) is 24.5 Å². The van der Waals surface area contributed by atoms with Crippen LogP contribution in [-0.2, 0) is 4.79 Å². The molecule has 1 rings (SSSR count). The van der Waals surface area contributed by atoms with Gasteiger partial charge in [0.1, 0.15) is 5.82 Å². The van der Waals surface area contributed by atoms with Gasteiger partial charge in [0, 0.05) is 24.9 Å². The normalized spacial score (nSPS) is 12.6. The maximum Gasteiger partial charge on any atom is 0.244 e. The van der Waals surface area contributed by atoms with Crippen LogP contribution < -0.4 is 5.32 Å². The molecule has 17 heavy (non-hydrogen) atoms. The summed E-state index contributed by atoms with van der Waals surface area (Å²) in [6, 6.07) is 1.19. The minimum Gasteiger partial charge on any atom is -0.396 e. The van der Waals surface area contributed by atoms with Gasteiger partial charge >= 0.3 is 0 Å². The molecule has 1 amide bonds. The van der Waals surface area contributed by atoms with Gasteiger partial charge < -0.3 is 10.4 Å². The third kappa shape index (κ3) is 5.21. The highest BCUT2D eigenvalue weighted by molar-refractivity contribution is 5.91. The first-order chi connectivity index (χ1) is 8.11. The fourth-order valence-electron chi connectivity index (χ4n) is 1.25. The lowest BCUT2D eigenvalue weighted by Crippen LogP contribution is -2.31. The Morgan fingerprint density at radius 1 is 1.65 bits per heavy atom. The summed E-state index contributed by atoms with van der Waals surface area (Å²) in [7, 11) is 0. The molecule has 0 fully saturated rings. The number of amides is 1. The highest BCUT2D eigenvalue weighted by Crippen LogP contribution is 2.02. The van der Waals surface area contributed by atoms with Crippen LogP contribution in [0.4, 0.5) is 4.39 Å². The van der Waals surface area contributed by atoms with Crippen LogP contribution in [0.3, 0.4) is 0 Å². The van der Waals surface area contributed by atoms with Gasteiger partial charge in [-0.05, 0) is 31.1 Å². The fourth-order valence-corrected chi connectivity index (χ4v) is 1.25. The van der Waals surface area contributed by atoms with Gasteiger partial charge in [0.2, 0.25) is 5.91 Å². The van der Waals surface area contributed by atoms with Crippen LogP contribution in [0.2, 0.25) is 0 Å². The Hall–Kier alpha value is -1.75. The molecule has 0 aromatic carbocycles. The van der Waals surface area contributed by atoms with E-state index in [0.29, 0.717) is 12.0 Å². The molecule has 1 atom stereocenters. The molecule has 1 unspecified atom stereocenters. The molecule has 1 heterocycles. The zero-order valence-corrected chi connectivity index (χ0v) is 9.56. The number of halogens is 1. The summed E-state index contributed by atoms with van der Waals surface area (Å²) in [4.78, 5) is 15.1. The molecule has 0 radical (unpaired) electrons. The van der Waals surface area contributed by atoms with Crippen molar-refractivity contribution in [2.75, 3.05) is 6.61 Å². The Labute approximate surface area is 99.2 Å². The Morgan fingerprint density at radius 2 is 2.41 bits per heavy atom. The predicted molar refractivity (Wildman–Crippen MR) is 62.5 cm³/mol. The van der Waals surface area contributed by atoms with E-state index in [1.54, 1.807) is 6.92 Å². The molecule has 0 aliphatic heterocycles. The summed E-state index contributed by atoms with van der Waals surface area (Å²) in [6.07, 6.45) is 5.85. The molecule has 92 valence electrons. The van der Waals surface area contributed by atoms with Gasteiger partial charge in [0.25, 0.3) is 0 Å². The van der Waals surface area contributed by atoms with Gasteiger partial charge in [-0.15, -0.1) is 0 Å². The number of nitrogens with one attached hydrogen (secondary N) is 1. The molecular formula is C12H15FN2O2. The van der Waals surface area contributed by atoms with Gasteiger partial charge in [0.15, 0.2) is 0 Å². The molecule has 0 aliphatic rings. The summed E-state index contributed by atoms with van der Waals surface area (Å²) < 4.78 is 12.8. The van der Waals surface area contributed by atoms with Crippen molar-refractivity contribution in [2.24, 2.45) is 0 Å². The predicted octanol–water partition coefficient (Wildman–Crippen LogP) is 1.12. The summed E-state index contributed by atoms with van der Waals surface area (Å²) in [5.41, 5.74) is 0.523. The minimum absolute atomic E-state index is 0.0268.